The van der Waals surface area contributed by atoms with Gasteiger partial charge in [0.25, 0.3) is 5.91 Å². The predicted octanol–water partition coefficient (Wildman–Crippen LogP) is 2.54. The van der Waals surface area contributed by atoms with E-state index in [2.05, 4.69) is 5.32 Å². The average molecular weight is 319 g/mol. The molecule has 0 saturated carbocycles. The molecule has 23 heavy (non-hydrogen) atoms. The number of amides is 1. The lowest BCUT2D eigenvalue weighted by atomic mass is 10.1. The van der Waals surface area contributed by atoms with Gasteiger partial charge in [0.05, 0.1) is 12.2 Å². The normalized spacial score (nSPS) is 23.8. The summed E-state index contributed by atoms with van der Waals surface area (Å²) >= 11 is 0. The van der Waals surface area contributed by atoms with E-state index in [0.717, 1.165) is 51.1 Å². The number of ether oxygens (including phenoxy) is 3. The molecule has 1 aromatic carbocycles. The molecule has 5 nitrogen and oxygen atoms in total. The van der Waals surface area contributed by atoms with Crippen molar-refractivity contribution in [2.75, 3.05) is 26.4 Å². The highest BCUT2D eigenvalue weighted by atomic mass is 16.5. The lowest BCUT2D eigenvalue weighted by Crippen LogP contribution is -2.27. The maximum atomic E-state index is 12.1. The topological polar surface area (TPSA) is 56.8 Å². The largest absolute Gasteiger partial charge is 0.491 e. The smallest absolute Gasteiger partial charge is 0.251 e. The molecule has 0 bridgehead atoms. The van der Waals surface area contributed by atoms with Gasteiger partial charge >= 0.3 is 0 Å². The van der Waals surface area contributed by atoms with Crippen LogP contribution < -0.4 is 10.1 Å². The van der Waals surface area contributed by atoms with Gasteiger partial charge < -0.3 is 19.5 Å². The molecule has 2 fully saturated rings. The first-order chi connectivity index (χ1) is 11.3. The number of nitrogens with one attached hydrogen (secondary N) is 1. The third-order valence-corrected chi connectivity index (χ3v) is 4.35. The molecule has 2 saturated heterocycles. The molecular weight excluding hydrogens is 294 g/mol. The van der Waals surface area contributed by atoms with Crippen molar-refractivity contribution >= 4 is 5.91 Å². The number of carbonyl (C=O) groups is 1. The molecular formula is C18H25NO4. The van der Waals surface area contributed by atoms with Crippen molar-refractivity contribution in [3.63, 3.8) is 0 Å². The number of hydrogen-bond donors (Lipinski definition) is 1. The molecule has 2 atom stereocenters. The van der Waals surface area contributed by atoms with Crippen LogP contribution in [-0.4, -0.2) is 44.5 Å². The summed E-state index contributed by atoms with van der Waals surface area (Å²) in [7, 11) is 0. The fourth-order valence-electron chi connectivity index (χ4n) is 2.99. The van der Waals surface area contributed by atoms with E-state index >= 15 is 0 Å². The Balaban J connectivity index is 1.39. The molecule has 0 aromatic heterocycles. The molecule has 5 heteroatoms. The number of benzene rings is 1. The van der Waals surface area contributed by atoms with Gasteiger partial charge in [-0.1, -0.05) is 0 Å². The minimum atomic E-state index is -0.0475. The van der Waals surface area contributed by atoms with Crippen LogP contribution in [0.1, 0.15) is 42.5 Å². The van der Waals surface area contributed by atoms with Gasteiger partial charge in [0, 0.05) is 25.3 Å². The molecule has 0 unspecified atom stereocenters. The second kappa shape index (κ2) is 8.31. The minimum Gasteiger partial charge on any atom is -0.491 e. The first-order valence-electron chi connectivity index (χ1n) is 8.55. The summed E-state index contributed by atoms with van der Waals surface area (Å²) in [5, 5.41) is 2.94. The van der Waals surface area contributed by atoms with E-state index in [-0.39, 0.29) is 12.0 Å². The molecule has 1 amide bonds. The fraction of sp³-hybridized carbons (Fsp3) is 0.611. The average Bonchev–Trinajstić information content (AvgIpc) is 3.27. The number of hydrogen-bond acceptors (Lipinski definition) is 4. The van der Waals surface area contributed by atoms with Crippen LogP contribution in [0.4, 0.5) is 0 Å². The van der Waals surface area contributed by atoms with Gasteiger partial charge in [0.1, 0.15) is 12.4 Å². The van der Waals surface area contributed by atoms with Crippen molar-refractivity contribution in [1.29, 1.82) is 0 Å². The molecule has 3 rings (SSSR count). The molecule has 0 spiro atoms. The van der Waals surface area contributed by atoms with Crippen LogP contribution in [0.2, 0.25) is 0 Å². The van der Waals surface area contributed by atoms with Crippen molar-refractivity contribution in [3.8, 4) is 5.75 Å². The van der Waals surface area contributed by atoms with Crippen LogP contribution in [0.3, 0.4) is 0 Å². The molecule has 1 aromatic rings. The summed E-state index contributed by atoms with van der Waals surface area (Å²) < 4.78 is 16.8. The van der Waals surface area contributed by atoms with E-state index in [4.69, 9.17) is 14.2 Å². The van der Waals surface area contributed by atoms with Crippen LogP contribution in [0, 0.1) is 0 Å². The van der Waals surface area contributed by atoms with Gasteiger partial charge in [0.15, 0.2) is 0 Å². The highest BCUT2D eigenvalue weighted by Gasteiger charge is 2.17. The Bertz CT molecular complexity index is 490. The molecule has 0 radical (unpaired) electrons. The van der Waals surface area contributed by atoms with Gasteiger partial charge in [-0.15, -0.1) is 0 Å². The van der Waals surface area contributed by atoms with Crippen LogP contribution in [0.5, 0.6) is 5.75 Å². The first-order valence-corrected chi connectivity index (χ1v) is 8.55. The van der Waals surface area contributed by atoms with Gasteiger partial charge in [-0.25, -0.2) is 0 Å². The van der Waals surface area contributed by atoms with Crippen molar-refractivity contribution in [2.45, 2.75) is 44.3 Å². The minimum absolute atomic E-state index is 0.0475. The highest BCUT2D eigenvalue weighted by molar-refractivity contribution is 5.94. The molecule has 2 aliphatic rings. The monoisotopic (exact) mass is 319 g/mol. The molecule has 1 N–H and O–H groups in total. The van der Waals surface area contributed by atoms with E-state index in [9.17, 15) is 4.79 Å². The summed E-state index contributed by atoms with van der Waals surface area (Å²) in [6, 6.07) is 7.27. The zero-order valence-corrected chi connectivity index (χ0v) is 13.5. The van der Waals surface area contributed by atoms with Crippen molar-refractivity contribution in [2.24, 2.45) is 0 Å². The van der Waals surface area contributed by atoms with Crippen LogP contribution >= 0.6 is 0 Å². The second-order valence-electron chi connectivity index (χ2n) is 6.15. The Morgan fingerprint density at radius 2 is 1.78 bits per heavy atom. The Morgan fingerprint density at radius 3 is 2.43 bits per heavy atom. The standard InChI is InChI=1S/C18H25NO4/c20-18(19-10-9-15-3-1-11-21-15)14-5-7-16(8-6-14)23-13-17-4-2-12-22-17/h5-8,15,17H,1-4,9-13H2,(H,19,20)/t15-,17-/m1/s1. The summed E-state index contributed by atoms with van der Waals surface area (Å²) in [6.45, 7) is 2.92. The number of carbonyl (C=O) groups excluding carboxylic acids is 1. The van der Waals surface area contributed by atoms with Crippen LogP contribution in [0.25, 0.3) is 0 Å². The fourth-order valence-corrected chi connectivity index (χ4v) is 2.99. The quantitative estimate of drug-likeness (QED) is 0.839. The summed E-state index contributed by atoms with van der Waals surface area (Å²) in [4.78, 5) is 12.1. The lowest BCUT2D eigenvalue weighted by molar-refractivity contribution is 0.0679. The van der Waals surface area contributed by atoms with Crippen LogP contribution in [0.15, 0.2) is 24.3 Å². The van der Waals surface area contributed by atoms with Gasteiger partial charge in [0.2, 0.25) is 0 Å². The maximum Gasteiger partial charge on any atom is 0.251 e. The lowest BCUT2D eigenvalue weighted by Gasteiger charge is -2.12. The van der Waals surface area contributed by atoms with E-state index in [1.165, 1.54) is 0 Å². The van der Waals surface area contributed by atoms with E-state index in [0.29, 0.717) is 24.8 Å². The Kier molecular flexibility index (Phi) is 5.88. The van der Waals surface area contributed by atoms with Gasteiger partial charge in [-0.05, 0) is 56.4 Å². The van der Waals surface area contributed by atoms with Crippen molar-refractivity contribution < 1.29 is 19.0 Å². The first kappa shape index (κ1) is 16.3. The van der Waals surface area contributed by atoms with E-state index < -0.39 is 0 Å². The molecule has 126 valence electrons. The second-order valence-corrected chi connectivity index (χ2v) is 6.15. The number of rotatable bonds is 7. The SMILES string of the molecule is O=C(NCC[C@H]1CCCO1)c1ccc(OC[C@H]2CCCO2)cc1. The van der Waals surface area contributed by atoms with Crippen molar-refractivity contribution in [3.05, 3.63) is 29.8 Å². The molecule has 2 heterocycles. The third-order valence-electron chi connectivity index (χ3n) is 4.35. The summed E-state index contributed by atoms with van der Waals surface area (Å²) in [5.74, 6) is 0.727. The summed E-state index contributed by atoms with van der Waals surface area (Å²) in [5.41, 5.74) is 0.654. The molecule has 0 aliphatic carbocycles. The highest BCUT2D eigenvalue weighted by Crippen LogP contribution is 2.17. The Hall–Kier alpha value is -1.59. The zero-order chi connectivity index (χ0) is 15.9. The predicted molar refractivity (Wildman–Crippen MR) is 86.8 cm³/mol. The maximum absolute atomic E-state index is 12.1. The van der Waals surface area contributed by atoms with Crippen LogP contribution in [-0.2, 0) is 9.47 Å². The zero-order valence-electron chi connectivity index (χ0n) is 13.5. The van der Waals surface area contributed by atoms with E-state index in [1.54, 1.807) is 12.1 Å². The van der Waals surface area contributed by atoms with Gasteiger partial charge in [-0.2, -0.15) is 0 Å². The van der Waals surface area contributed by atoms with Crippen molar-refractivity contribution in [1.82, 2.24) is 5.32 Å². The Morgan fingerprint density at radius 1 is 1.09 bits per heavy atom. The Labute approximate surface area is 137 Å². The summed E-state index contributed by atoms with van der Waals surface area (Å²) in [6.07, 6.45) is 5.80. The van der Waals surface area contributed by atoms with Gasteiger partial charge in [-0.3, -0.25) is 4.79 Å². The van der Waals surface area contributed by atoms with E-state index in [1.807, 2.05) is 12.1 Å². The molecule has 2 aliphatic heterocycles. The third kappa shape index (κ3) is 4.94.